The lowest BCUT2D eigenvalue weighted by atomic mass is 10.1. The molecule has 2 aromatic carbocycles. The third-order valence-electron chi connectivity index (χ3n) is 4.69. The molecule has 0 bridgehead atoms. The smallest absolute Gasteiger partial charge is 0.317 e. The molecule has 3 rings (SSSR count). The summed E-state index contributed by atoms with van der Waals surface area (Å²) in [5, 5.41) is 2.93. The van der Waals surface area contributed by atoms with Crippen molar-refractivity contribution in [1.29, 1.82) is 0 Å². The fourth-order valence-corrected chi connectivity index (χ4v) is 3.14. The molecule has 1 fully saturated rings. The van der Waals surface area contributed by atoms with Crippen molar-refractivity contribution in [2.75, 3.05) is 26.2 Å². The van der Waals surface area contributed by atoms with Gasteiger partial charge in [0.25, 0.3) is 0 Å². The first kappa shape index (κ1) is 18.9. The molecule has 142 valence electrons. The Hall–Kier alpha value is -2.89. The molecule has 0 saturated carbocycles. The fraction of sp³-hybridized carbons (Fsp3) is 0.333. The Balaban J connectivity index is 1.48. The Morgan fingerprint density at radius 1 is 0.852 bits per heavy atom. The molecule has 0 aromatic heterocycles. The van der Waals surface area contributed by atoms with Crippen LogP contribution >= 0.6 is 0 Å². The van der Waals surface area contributed by atoms with Crippen LogP contribution in [0.1, 0.15) is 17.5 Å². The van der Waals surface area contributed by atoms with Crippen molar-refractivity contribution in [3.63, 3.8) is 0 Å². The second kappa shape index (κ2) is 9.16. The van der Waals surface area contributed by atoms with E-state index in [0.717, 1.165) is 17.5 Å². The lowest BCUT2D eigenvalue weighted by Gasteiger charge is -2.22. The predicted molar refractivity (Wildman–Crippen MR) is 102 cm³/mol. The molecule has 2 aromatic rings. The Bertz CT molecular complexity index is 765. The van der Waals surface area contributed by atoms with E-state index < -0.39 is 0 Å². The van der Waals surface area contributed by atoms with E-state index >= 15 is 0 Å². The first-order chi connectivity index (χ1) is 13.1. The van der Waals surface area contributed by atoms with Crippen LogP contribution in [-0.2, 0) is 17.8 Å². The summed E-state index contributed by atoms with van der Waals surface area (Å²) < 4.78 is 13.0. The molecule has 5 nitrogen and oxygen atoms in total. The van der Waals surface area contributed by atoms with Gasteiger partial charge in [-0.25, -0.2) is 9.18 Å². The SMILES string of the molecule is O=C(Cc1ccc(F)cc1)N1CCCN(C(=O)NCc2ccccc2)CC1. The molecule has 1 aliphatic rings. The van der Waals surface area contributed by atoms with Gasteiger partial charge >= 0.3 is 6.03 Å². The van der Waals surface area contributed by atoms with Gasteiger partial charge in [-0.2, -0.15) is 0 Å². The van der Waals surface area contributed by atoms with E-state index in [1.54, 1.807) is 21.9 Å². The number of nitrogens with one attached hydrogen (secondary N) is 1. The summed E-state index contributed by atoms with van der Waals surface area (Å²) in [6.07, 6.45) is 0.994. The first-order valence-corrected chi connectivity index (χ1v) is 9.21. The molecule has 1 saturated heterocycles. The van der Waals surface area contributed by atoms with Crippen molar-refractivity contribution in [3.8, 4) is 0 Å². The fourth-order valence-electron chi connectivity index (χ4n) is 3.14. The lowest BCUT2D eigenvalue weighted by Crippen LogP contribution is -2.42. The van der Waals surface area contributed by atoms with Gasteiger partial charge in [0.2, 0.25) is 5.91 Å². The maximum Gasteiger partial charge on any atom is 0.317 e. The molecule has 1 heterocycles. The summed E-state index contributed by atoms with van der Waals surface area (Å²) in [5.41, 5.74) is 1.85. The largest absolute Gasteiger partial charge is 0.341 e. The number of urea groups is 1. The van der Waals surface area contributed by atoms with Crippen molar-refractivity contribution >= 4 is 11.9 Å². The number of carbonyl (C=O) groups excluding carboxylic acids is 2. The van der Waals surface area contributed by atoms with Crippen LogP contribution in [0.3, 0.4) is 0 Å². The second-order valence-corrected chi connectivity index (χ2v) is 6.67. The second-order valence-electron chi connectivity index (χ2n) is 6.67. The first-order valence-electron chi connectivity index (χ1n) is 9.21. The Kier molecular flexibility index (Phi) is 6.41. The Morgan fingerprint density at radius 3 is 2.26 bits per heavy atom. The molecule has 0 unspecified atom stereocenters. The normalized spacial score (nSPS) is 14.6. The topological polar surface area (TPSA) is 52.7 Å². The zero-order valence-corrected chi connectivity index (χ0v) is 15.2. The highest BCUT2D eigenvalue weighted by molar-refractivity contribution is 5.79. The summed E-state index contributed by atoms with van der Waals surface area (Å²) >= 11 is 0. The molecular weight excluding hydrogens is 345 g/mol. The van der Waals surface area contributed by atoms with Gasteiger partial charge in [-0.15, -0.1) is 0 Å². The van der Waals surface area contributed by atoms with Crippen LogP contribution in [0.4, 0.5) is 9.18 Å². The maximum absolute atomic E-state index is 13.0. The third kappa shape index (κ3) is 5.54. The number of benzene rings is 2. The highest BCUT2D eigenvalue weighted by atomic mass is 19.1. The van der Waals surface area contributed by atoms with Gasteiger partial charge in [-0.3, -0.25) is 4.79 Å². The van der Waals surface area contributed by atoms with Crippen LogP contribution in [0.5, 0.6) is 0 Å². The number of halogens is 1. The molecule has 6 heteroatoms. The van der Waals surface area contributed by atoms with Crippen LogP contribution in [0, 0.1) is 5.82 Å². The van der Waals surface area contributed by atoms with E-state index in [1.165, 1.54) is 12.1 Å². The van der Waals surface area contributed by atoms with Crippen LogP contribution in [-0.4, -0.2) is 47.9 Å². The average Bonchev–Trinajstić information content (AvgIpc) is 2.95. The van der Waals surface area contributed by atoms with Gasteiger partial charge in [0.15, 0.2) is 0 Å². The summed E-state index contributed by atoms with van der Waals surface area (Å²) in [6, 6.07) is 15.7. The molecule has 1 aliphatic heterocycles. The highest BCUT2D eigenvalue weighted by Crippen LogP contribution is 2.09. The van der Waals surface area contributed by atoms with E-state index in [4.69, 9.17) is 0 Å². The number of amides is 3. The minimum Gasteiger partial charge on any atom is -0.341 e. The van der Waals surface area contributed by atoms with Crippen molar-refractivity contribution in [3.05, 3.63) is 71.5 Å². The van der Waals surface area contributed by atoms with Crippen LogP contribution in [0.2, 0.25) is 0 Å². The minimum atomic E-state index is -0.307. The van der Waals surface area contributed by atoms with Crippen molar-refractivity contribution in [1.82, 2.24) is 15.1 Å². The summed E-state index contributed by atoms with van der Waals surface area (Å²) in [7, 11) is 0. The van der Waals surface area contributed by atoms with Crippen LogP contribution < -0.4 is 5.32 Å². The van der Waals surface area contributed by atoms with E-state index in [2.05, 4.69) is 5.32 Å². The summed E-state index contributed by atoms with van der Waals surface area (Å²) in [6.45, 7) is 2.77. The van der Waals surface area contributed by atoms with Gasteiger partial charge in [-0.05, 0) is 29.7 Å². The highest BCUT2D eigenvalue weighted by Gasteiger charge is 2.22. The van der Waals surface area contributed by atoms with Gasteiger partial charge < -0.3 is 15.1 Å². The molecule has 0 aliphatic carbocycles. The van der Waals surface area contributed by atoms with Gasteiger partial charge in [0, 0.05) is 32.7 Å². The molecule has 1 N–H and O–H groups in total. The Labute approximate surface area is 158 Å². The molecule has 27 heavy (non-hydrogen) atoms. The summed E-state index contributed by atoms with van der Waals surface area (Å²) in [5.74, 6) is -0.300. The van der Waals surface area contributed by atoms with E-state index in [9.17, 15) is 14.0 Å². The molecular formula is C21H24FN3O2. The predicted octanol–water partition coefficient (Wildman–Crippen LogP) is 2.81. The van der Waals surface area contributed by atoms with Crippen molar-refractivity contribution in [2.45, 2.75) is 19.4 Å². The molecule has 0 radical (unpaired) electrons. The lowest BCUT2D eigenvalue weighted by molar-refractivity contribution is -0.130. The Morgan fingerprint density at radius 2 is 1.52 bits per heavy atom. The molecule has 0 atom stereocenters. The number of hydrogen-bond acceptors (Lipinski definition) is 2. The number of rotatable bonds is 4. The number of carbonyl (C=O) groups is 2. The van der Waals surface area contributed by atoms with Crippen molar-refractivity contribution < 1.29 is 14.0 Å². The molecule has 3 amide bonds. The van der Waals surface area contributed by atoms with E-state index in [-0.39, 0.29) is 24.2 Å². The van der Waals surface area contributed by atoms with Gasteiger partial charge in [0.1, 0.15) is 5.82 Å². The van der Waals surface area contributed by atoms with Crippen LogP contribution in [0.25, 0.3) is 0 Å². The van der Waals surface area contributed by atoms with E-state index in [0.29, 0.717) is 32.7 Å². The standard InChI is InChI=1S/C21H24FN3O2/c22-19-9-7-17(8-10-19)15-20(26)24-11-4-12-25(14-13-24)21(27)23-16-18-5-2-1-3-6-18/h1-3,5-10H,4,11-16H2,(H,23,27). The summed E-state index contributed by atoms with van der Waals surface area (Å²) in [4.78, 5) is 28.4. The monoisotopic (exact) mass is 369 g/mol. The van der Waals surface area contributed by atoms with Crippen molar-refractivity contribution in [2.24, 2.45) is 0 Å². The average molecular weight is 369 g/mol. The van der Waals surface area contributed by atoms with E-state index in [1.807, 2.05) is 30.3 Å². The minimum absolute atomic E-state index is 0.00755. The quantitative estimate of drug-likeness (QED) is 0.901. The zero-order valence-electron chi connectivity index (χ0n) is 15.2. The maximum atomic E-state index is 13.0. The number of nitrogens with zero attached hydrogens (tertiary/aromatic N) is 2. The molecule has 0 spiro atoms. The zero-order chi connectivity index (χ0) is 19.1. The van der Waals surface area contributed by atoms with Crippen LogP contribution in [0.15, 0.2) is 54.6 Å². The third-order valence-corrected chi connectivity index (χ3v) is 4.69. The van der Waals surface area contributed by atoms with Gasteiger partial charge in [-0.1, -0.05) is 42.5 Å². The number of hydrogen-bond donors (Lipinski definition) is 1. The van der Waals surface area contributed by atoms with Gasteiger partial charge in [0.05, 0.1) is 6.42 Å².